The molecule has 5 aliphatic heterocycles. The second-order valence-electron chi connectivity index (χ2n) is 10.3. The summed E-state index contributed by atoms with van der Waals surface area (Å²) in [5.41, 5.74) is 10.7. The molecule has 0 aromatic heterocycles. The summed E-state index contributed by atoms with van der Waals surface area (Å²) in [5.74, 6) is 0. The van der Waals surface area contributed by atoms with Gasteiger partial charge >= 0.3 is 0 Å². The number of fused-ring (bicyclic) bond motifs is 4. The average molecular weight is 561 g/mol. The number of nitrogens with zero attached hydrogens (tertiary/aromatic N) is 4. The second kappa shape index (κ2) is 12.3. The van der Waals surface area contributed by atoms with E-state index in [1.54, 1.807) is 0 Å². The van der Waals surface area contributed by atoms with Crippen molar-refractivity contribution < 1.29 is 20.4 Å². The van der Waals surface area contributed by atoms with Gasteiger partial charge in [-0.2, -0.15) is 0 Å². The van der Waals surface area contributed by atoms with Crippen LogP contribution < -0.4 is 0 Å². The molecule has 5 heterocycles. The first-order chi connectivity index (χ1) is 20.6. The van der Waals surface area contributed by atoms with E-state index in [4.69, 9.17) is 20.0 Å². The molecule has 0 aliphatic carbocycles. The Labute approximate surface area is 244 Å². The zero-order valence-corrected chi connectivity index (χ0v) is 23.2. The summed E-state index contributed by atoms with van der Waals surface area (Å²) in [5, 5.41) is 40.5. The second-order valence-corrected chi connectivity index (χ2v) is 10.3. The molecule has 0 radical (unpaired) electrons. The predicted molar refractivity (Wildman–Crippen MR) is 166 cm³/mol. The van der Waals surface area contributed by atoms with Gasteiger partial charge in [-0.3, -0.25) is 0 Å². The Kier molecular flexibility index (Phi) is 8.12. The van der Waals surface area contributed by atoms with Gasteiger partial charge < -0.3 is 20.4 Å². The number of rotatable bonds is 9. The van der Waals surface area contributed by atoms with Crippen molar-refractivity contribution in [3.8, 4) is 0 Å². The number of allylic oxidation sites excluding steroid dienone is 10. The molecular weight excluding hydrogens is 528 g/mol. The summed E-state index contributed by atoms with van der Waals surface area (Å²) in [6.45, 7) is -0.416. The zero-order valence-electron chi connectivity index (χ0n) is 23.2. The third-order valence-corrected chi connectivity index (χ3v) is 7.58. The van der Waals surface area contributed by atoms with Gasteiger partial charge in [0.2, 0.25) is 0 Å². The number of benzene rings is 1. The van der Waals surface area contributed by atoms with E-state index in [9.17, 15) is 20.4 Å². The van der Waals surface area contributed by atoms with Crippen LogP contribution in [0.1, 0.15) is 31.2 Å². The van der Waals surface area contributed by atoms with Gasteiger partial charge in [-0.25, -0.2) is 20.0 Å². The Bertz CT molecular complexity index is 1690. The van der Waals surface area contributed by atoms with E-state index in [0.717, 1.165) is 56.2 Å². The number of hydrogen-bond donors (Lipinski definition) is 4. The quantitative estimate of drug-likeness (QED) is 0.362. The van der Waals surface area contributed by atoms with Gasteiger partial charge in [-0.1, -0.05) is 30.3 Å². The first-order valence-electron chi connectivity index (χ1n) is 14.2. The molecule has 8 bridgehead atoms. The molecule has 4 N–H and O–H groups in total. The molecular formula is C34H32N4O4. The molecule has 0 saturated carbocycles. The van der Waals surface area contributed by atoms with E-state index in [-0.39, 0.29) is 32.8 Å². The van der Waals surface area contributed by atoms with Crippen molar-refractivity contribution in [1.82, 2.24) is 0 Å². The zero-order chi connectivity index (χ0) is 29.1. The summed E-state index contributed by atoms with van der Waals surface area (Å²) in [7, 11) is 0. The van der Waals surface area contributed by atoms with Gasteiger partial charge in [0, 0.05) is 37.6 Å². The van der Waals surface area contributed by atoms with E-state index in [1.807, 2.05) is 72.9 Å². The summed E-state index contributed by atoms with van der Waals surface area (Å²) in [6.07, 6.45) is 14.8. The first kappa shape index (κ1) is 27.8. The van der Waals surface area contributed by atoms with Crippen LogP contribution in [0.2, 0.25) is 0 Å². The Hall–Kier alpha value is -4.34. The highest BCUT2D eigenvalue weighted by molar-refractivity contribution is 6.34. The van der Waals surface area contributed by atoms with E-state index >= 15 is 0 Å². The summed E-state index contributed by atoms with van der Waals surface area (Å²) >= 11 is 0. The van der Waals surface area contributed by atoms with Crippen LogP contribution in [0, 0.1) is 0 Å². The van der Waals surface area contributed by atoms with E-state index in [2.05, 4.69) is 0 Å². The summed E-state index contributed by atoms with van der Waals surface area (Å²) in [6, 6.07) is 9.94. The first-order valence-corrected chi connectivity index (χ1v) is 14.2. The molecule has 6 rings (SSSR count). The molecule has 0 unspecified atom stereocenters. The fourth-order valence-corrected chi connectivity index (χ4v) is 5.85. The Morgan fingerprint density at radius 3 is 1.81 bits per heavy atom. The normalized spacial score (nSPS) is 19.3. The number of hydrogen-bond acceptors (Lipinski definition) is 8. The number of aliphatic imine (C=N–C) groups is 4. The lowest BCUT2D eigenvalue weighted by atomic mass is 9.89. The minimum atomic E-state index is -0.141. The fourth-order valence-electron chi connectivity index (χ4n) is 5.85. The van der Waals surface area contributed by atoms with Crippen molar-refractivity contribution in [2.45, 2.75) is 25.7 Å². The number of aliphatic hydroxyl groups excluding tert-OH is 4. The van der Waals surface area contributed by atoms with Crippen molar-refractivity contribution in [2.75, 3.05) is 26.4 Å². The molecule has 1 aromatic rings. The van der Waals surface area contributed by atoms with Crippen LogP contribution in [0.25, 0.3) is 5.57 Å². The standard InChI is InChI=1S/C34H32N4O4/c39-14-10-26-27(11-15-40)33-29(13-17-42)34-28(12-16-41)32(21-4-2-1-3-5-21)31(38-34)20-25-9-7-23(36-25)18-22-6-8-24(35-22)19-30(26)37-33/h1-9,18-20,39-42H,10-17H2. The Morgan fingerprint density at radius 2 is 1.12 bits per heavy atom. The van der Waals surface area contributed by atoms with Crippen LogP contribution in [0.15, 0.2) is 138 Å². The van der Waals surface area contributed by atoms with Gasteiger partial charge in [0.05, 0.1) is 45.6 Å². The van der Waals surface area contributed by atoms with E-state index in [1.165, 1.54) is 0 Å². The van der Waals surface area contributed by atoms with Crippen LogP contribution in [-0.2, 0) is 0 Å². The van der Waals surface area contributed by atoms with Crippen molar-refractivity contribution in [3.63, 3.8) is 0 Å². The molecule has 0 saturated heterocycles. The lowest BCUT2D eigenvalue weighted by molar-refractivity contribution is 0.294. The predicted octanol–water partition coefficient (Wildman–Crippen LogP) is 4.12. The molecule has 5 aliphatic rings. The summed E-state index contributed by atoms with van der Waals surface area (Å²) in [4.78, 5) is 19.7. The number of aliphatic hydroxyl groups is 4. The third kappa shape index (κ3) is 5.33. The molecule has 42 heavy (non-hydrogen) atoms. The van der Waals surface area contributed by atoms with Gasteiger partial charge in [-0.15, -0.1) is 0 Å². The SMILES string of the molecule is OCCC1=C(CCO)C2=NC1=CC1=NC(=CC3=NC(=CC4=NC(=C2CCO)C(CCO)=C4c2ccccc2)C=C3)C=C1. The topological polar surface area (TPSA) is 130 Å². The van der Waals surface area contributed by atoms with Crippen LogP contribution in [0.4, 0.5) is 0 Å². The monoisotopic (exact) mass is 560 g/mol. The smallest absolute Gasteiger partial charge is 0.0740 e. The van der Waals surface area contributed by atoms with Crippen LogP contribution in [0.5, 0.6) is 0 Å². The van der Waals surface area contributed by atoms with Crippen molar-refractivity contribution in [2.24, 2.45) is 20.0 Å². The molecule has 212 valence electrons. The largest absolute Gasteiger partial charge is 0.396 e. The van der Waals surface area contributed by atoms with Crippen molar-refractivity contribution in [1.29, 1.82) is 0 Å². The molecule has 0 fully saturated rings. The van der Waals surface area contributed by atoms with E-state index < -0.39 is 0 Å². The van der Waals surface area contributed by atoms with Gasteiger partial charge in [0.15, 0.2) is 0 Å². The minimum absolute atomic E-state index is 0.0837. The van der Waals surface area contributed by atoms with Crippen molar-refractivity contribution in [3.05, 3.63) is 124 Å². The highest BCUT2D eigenvalue weighted by Crippen LogP contribution is 2.41. The van der Waals surface area contributed by atoms with E-state index in [0.29, 0.717) is 42.1 Å². The lowest BCUT2D eigenvalue weighted by Crippen LogP contribution is -2.12. The molecule has 0 amide bonds. The maximum absolute atomic E-state index is 10.3. The summed E-state index contributed by atoms with van der Waals surface area (Å²) < 4.78 is 0. The van der Waals surface area contributed by atoms with Gasteiger partial charge in [0.1, 0.15) is 0 Å². The van der Waals surface area contributed by atoms with Crippen LogP contribution in [-0.4, -0.2) is 69.7 Å². The molecule has 0 spiro atoms. The van der Waals surface area contributed by atoms with Crippen LogP contribution >= 0.6 is 0 Å². The lowest BCUT2D eigenvalue weighted by Gasteiger charge is -2.15. The maximum Gasteiger partial charge on any atom is 0.0740 e. The third-order valence-electron chi connectivity index (χ3n) is 7.58. The Morgan fingerprint density at radius 1 is 0.524 bits per heavy atom. The fraction of sp³-hybridized carbons (Fsp3) is 0.235. The Balaban J connectivity index is 1.68. The van der Waals surface area contributed by atoms with Gasteiger partial charge in [-0.05, 0) is 90.5 Å². The maximum atomic E-state index is 10.3. The highest BCUT2D eigenvalue weighted by Gasteiger charge is 2.32. The molecule has 8 heteroatoms. The minimum Gasteiger partial charge on any atom is -0.396 e. The highest BCUT2D eigenvalue weighted by atomic mass is 16.3. The van der Waals surface area contributed by atoms with Crippen LogP contribution in [0.3, 0.4) is 0 Å². The van der Waals surface area contributed by atoms with Crippen molar-refractivity contribution >= 4 is 28.4 Å². The van der Waals surface area contributed by atoms with Gasteiger partial charge in [0.25, 0.3) is 0 Å². The molecule has 1 aromatic carbocycles. The molecule has 0 atom stereocenters. The molecule has 8 nitrogen and oxygen atoms in total. The average Bonchev–Trinajstić information content (AvgIpc) is 3.77.